The Bertz CT molecular complexity index is 1660. The van der Waals surface area contributed by atoms with E-state index in [-0.39, 0.29) is 18.4 Å². The molecule has 0 bridgehead atoms. The van der Waals surface area contributed by atoms with E-state index in [0.717, 1.165) is 27.4 Å². The first-order chi connectivity index (χ1) is 17.1. The number of imide groups is 1. The summed E-state index contributed by atoms with van der Waals surface area (Å²) in [5.41, 5.74) is 4.81. The highest BCUT2D eigenvalue weighted by Crippen LogP contribution is 2.43. The molecule has 172 valence electrons. The number of amides is 2. The molecule has 2 aromatic heterocycles. The number of nitrogens with one attached hydrogen (secondary N) is 2. The second kappa shape index (κ2) is 8.29. The zero-order valence-corrected chi connectivity index (χ0v) is 20.3. The van der Waals surface area contributed by atoms with Gasteiger partial charge in [-0.3, -0.25) is 14.5 Å². The minimum absolute atomic E-state index is 0.164. The van der Waals surface area contributed by atoms with Gasteiger partial charge in [-0.15, -0.1) is 0 Å². The lowest BCUT2D eigenvalue weighted by molar-refractivity contribution is -0.136. The highest BCUT2D eigenvalue weighted by Gasteiger charge is 2.42. The summed E-state index contributed by atoms with van der Waals surface area (Å²) in [5, 5.41) is 1.77. The Morgan fingerprint density at radius 3 is 2.23 bits per heavy atom. The maximum Gasteiger partial charge on any atom is 0.262 e. The number of carbonyl (C=O) groups excluding carboxylic acids is 2. The maximum atomic E-state index is 14.0. The normalized spacial score (nSPS) is 14.1. The molecule has 0 aliphatic carbocycles. The molecule has 6 rings (SSSR count). The number of hydrogen-bond acceptors (Lipinski definition) is 3. The van der Waals surface area contributed by atoms with Crippen LogP contribution >= 0.6 is 15.9 Å². The largest absolute Gasteiger partial charge is 0.497 e. The van der Waals surface area contributed by atoms with E-state index in [2.05, 4.69) is 25.9 Å². The van der Waals surface area contributed by atoms with Crippen LogP contribution in [0.2, 0.25) is 0 Å². The van der Waals surface area contributed by atoms with Crippen molar-refractivity contribution in [2.75, 3.05) is 7.11 Å². The Labute approximate surface area is 209 Å². The molecular formula is C28H20BrN3O3. The lowest BCUT2D eigenvalue weighted by atomic mass is 9.95. The first-order valence-corrected chi connectivity index (χ1v) is 11.9. The van der Waals surface area contributed by atoms with Crippen LogP contribution < -0.4 is 4.74 Å². The minimum Gasteiger partial charge on any atom is -0.497 e. The smallest absolute Gasteiger partial charge is 0.262 e. The summed E-state index contributed by atoms with van der Waals surface area (Å²) < 4.78 is 5.91. The third-order valence-electron chi connectivity index (χ3n) is 6.44. The minimum atomic E-state index is -0.323. The lowest BCUT2D eigenvalue weighted by Crippen LogP contribution is -2.31. The van der Waals surface area contributed by atoms with Crippen molar-refractivity contribution < 1.29 is 14.3 Å². The Morgan fingerprint density at radius 1 is 0.829 bits per heavy atom. The standard InChI is InChI=1S/C28H20BrN3O3/c1-35-17-12-10-16(11-13-17)15-32-27(33)24(20-14-30-21-8-4-2-6-18(20)21)25(28(32)34)23-19-7-3-5-9-22(19)31-26(23)29/h2-14,30-31H,15H2,1H3. The molecule has 1 aliphatic rings. The number of aromatic nitrogens is 2. The zero-order chi connectivity index (χ0) is 24.1. The summed E-state index contributed by atoms with van der Waals surface area (Å²) >= 11 is 3.62. The van der Waals surface area contributed by atoms with Gasteiger partial charge in [0.1, 0.15) is 5.75 Å². The summed E-state index contributed by atoms with van der Waals surface area (Å²) in [5.74, 6) is 0.0770. The van der Waals surface area contributed by atoms with Crippen molar-refractivity contribution in [3.63, 3.8) is 0 Å². The van der Waals surface area contributed by atoms with Crippen LogP contribution in [-0.2, 0) is 16.1 Å². The number of benzene rings is 3. The first kappa shape index (κ1) is 21.4. The summed E-state index contributed by atoms with van der Waals surface area (Å²) in [6, 6.07) is 22.9. The van der Waals surface area contributed by atoms with E-state index in [1.54, 1.807) is 7.11 Å². The molecule has 0 radical (unpaired) electrons. The fourth-order valence-electron chi connectivity index (χ4n) is 4.75. The number of nitrogens with zero attached hydrogens (tertiary/aromatic N) is 1. The van der Waals surface area contributed by atoms with E-state index in [0.29, 0.717) is 32.6 Å². The van der Waals surface area contributed by atoms with E-state index < -0.39 is 0 Å². The fourth-order valence-corrected chi connectivity index (χ4v) is 5.37. The maximum absolute atomic E-state index is 14.0. The quantitative estimate of drug-likeness (QED) is 0.280. The van der Waals surface area contributed by atoms with E-state index in [1.807, 2.05) is 79.0 Å². The average molecular weight is 526 g/mol. The Hall–Kier alpha value is -4.10. The van der Waals surface area contributed by atoms with Gasteiger partial charge < -0.3 is 14.7 Å². The van der Waals surface area contributed by atoms with Gasteiger partial charge in [0.25, 0.3) is 11.8 Å². The molecule has 2 amide bonds. The predicted octanol–water partition coefficient (Wildman–Crippen LogP) is 5.90. The molecule has 0 saturated heterocycles. The molecule has 1 aliphatic heterocycles. The number of H-pyrrole nitrogens is 2. The number of hydrogen-bond donors (Lipinski definition) is 2. The van der Waals surface area contributed by atoms with Gasteiger partial charge in [0.05, 0.1) is 29.4 Å². The van der Waals surface area contributed by atoms with E-state index in [4.69, 9.17) is 4.74 Å². The molecule has 2 N–H and O–H groups in total. The van der Waals surface area contributed by atoms with Crippen molar-refractivity contribution in [2.45, 2.75) is 6.54 Å². The van der Waals surface area contributed by atoms with Crippen molar-refractivity contribution >= 4 is 60.7 Å². The van der Waals surface area contributed by atoms with Crippen molar-refractivity contribution in [1.82, 2.24) is 14.9 Å². The Balaban J connectivity index is 1.55. The molecule has 0 fully saturated rings. The molecule has 3 aromatic carbocycles. The molecular weight excluding hydrogens is 506 g/mol. The van der Waals surface area contributed by atoms with Crippen LogP contribution in [0.5, 0.6) is 5.75 Å². The first-order valence-electron chi connectivity index (χ1n) is 11.1. The monoisotopic (exact) mass is 525 g/mol. The van der Waals surface area contributed by atoms with Crippen LogP contribution in [0.15, 0.2) is 83.6 Å². The van der Waals surface area contributed by atoms with Crippen molar-refractivity contribution in [3.8, 4) is 5.75 Å². The molecule has 0 unspecified atom stereocenters. The number of ether oxygens (including phenoxy) is 1. The lowest BCUT2D eigenvalue weighted by Gasteiger charge is -2.15. The molecule has 0 atom stereocenters. The van der Waals surface area contributed by atoms with Crippen LogP contribution in [0.1, 0.15) is 16.7 Å². The molecule has 6 nitrogen and oxygen atoms in total. The Morgan fingerprint density at radius 2 is 1.49 bits per heavy atom. The molecule has 0 spiro atoms. The summed E-state index contributed by atoms with van der Waals surface area (Å²) in [6.07, 6.45) is 1.81. The van der Waals surface area contributed by atoms with Gasteiger partial charge in [-0.05, 0) is 45.8 Å². The summed E-state index contributed by atoms with van der Waals surface area (Å²) in [6.45, 7) is 0.164. The van der Waals surface area contributed by atoms with Crippen molar-refractivity contribution in [3.05, 3.63) is 100 Å². The third kappa shape index (κ3) is 3.39. The number of rotatable bonds is 5. The van der Waals surface area contributed by atoms with Gasteiger partial charge in [-0.25, -0.2) is 0 Å². The predicted molar refractivity (Wildman–Crippen MR) is 140 cm³/mol. The van der Waals surface area contributed by atoms with Crippen molar-refractivity contribution in [1.29, 1.82) is 0 Å². The van der Waals surface area contributed by atoms with Gasteiger partial charge in [0.2, 0.25) is 0 Å². The number of methoxy groups -OCH3 is 1. The van der Waals surface area contributed by atoms with Crippen LogP contribution in [-0.4, -0.2) is 33.8 Å². The molecule has 35 heavy (non-hydrogen) atoms. The second-order valence-electron chi connectivity index (χ2n) is 8.40. The molecule has 7 heteroatoms. The number of halogens is 1. The van der Waals surface area contributed by atoms with Gasteiger partial charge in [0, 0.05) is 39.1 Å². The number of fused-ring (bicyclic) bond motifs is 2. The van der Waals surface area contributed by atoms with Gasteiger partial charge in [-0.1, -0.05) is 48.5 Å². The second-order valence-corrected chi connectivity index (χ2v) is 9.20. The number of aromatic amines is 2. The molecule has 0 saturated carbocycles. The summed E-state index contributed by atoms with van der Waals surface area (Å²) in [4.78, 5) is 35.7. The SMILES string of the molecule is COc1ccc(CN2C(=O)C(c3c[nH]c4ccccc34)=C(c3c(Br)[nH]c4ccccc34)C2=O)cc1. The fraction of sp³-hybridized carbons (Fsp3) is 0.0714. The highest BCUT2D eigenvalue weighted by atomic mass is 79.9. The molecule has 5 aromatic rings. The van der Waals surface area contributed by atoms with E-state index in [1.165, 1.54) is 4.90 Å². The summed E-state index contributed by atoms with van der Waals surface area (Å²) in [7, 11) is 1.60. The third-order valence-corrected chi connectivity index (χ3v) is 7.03. The van der Waals surface area contributed by atoms with Crippen molar-refractivity contribution in [2.24, 2.45) is 0 Å². The van der Waals surface area contributed by atoms with Gasteiger partial charge in [0.15, 0.2) is 0 Å². The van der Waals surface area contributed by atoms with Crippen LogP contribution in [0.3, 0.4) is 0 Å². The van der Waals surface area contributed by atoms with Crippen LogP contribution in [0.4, 0.5) is 0 Å². The van der Waals surface area contributed by atoms with E-state index in [9.17, 15) is 9.59 Å². The Kier molecular flexibility index (Phi) is 5.07. The molecule has 3 heterocycles. The average Bonchev–Trinajstić information content (AvgIpc) is 3.52. The zero-order valence-electron chi connectivity index (χ0n) is 18.8. The van der Waals surface area contributed by atoms with Gasteiger partial charge in [-0.2, -0.15) is 0 Å². The van der Waals surface area contributed by atoms with Crippen LogP contribution in [0, 0.1) is 0 Å². The van der Waals surface area contributed by atoms with Crippen LogP contribution in [0.25, 0.3) is 33.0 Å². The number of para-hydroxylation sites is 2. The number of carbonyl (C=O) groups is 2. The topological polar surface area (TPSA) is 78.2 Å². The highest BCUT2D eigenvalue weighted by molar-refractivity contribution is 9.10. The van der Waals surface area contributed by atoms with E-state index >= 15 is 0 Å². The van der Waals surface area contributed by atoms with Gasteiger partial charge >= 0.3 is 0 Å².